The molecular weight excluding hydrogens is 267 g/mol. The Labute approximate surface area is 51.2 Å². The van der Waals surface area contributed by atoms with Gasteiger partial charge in [-0.2, -0.15) is 0 Å². The molecule has 1 N–H and O–H groups in total. The van der Waals surface area contributed by atoms with Gasteiger partial charge in [-0.15, -0.1) is 0 Å². The van der Waals surface area contributed by atoms with E-state index in [1.165, 1.54) is 0 Å². The molecule has 0 aromatic heterocycles. The topological polar surface area (TPSA) is 77.2 Å². The van der Waals surface area contributed by atoms with Gasteiger partial charge in [0.2, 0.25) is 0 Å². The minimum atomic E-state index is 0. The SMILES string of the molecule is CCO.[O-2].[O-2].[Pt+4]. The summed E-state index contributed by atoms with van der Waals surface area (Å²) in [5, 5.41) is 7.57. The third-order valence-corrected chi connectivity index (χ3v) is 0. The summed E-state index contributed by atoms with van der Waals surface area (Å²) < 4.78 is 0. The van der Waals surface area contributed by atoms with Crippen LogP contribution < -0.4 is 0 Å². The summed E-state index contributed by atoms with van der Waals surface area (Å²) in [5.41, 5.74) is 0. The number of hydrogen-bond acceptors (Lipinski definition) is 1. The predicted molar refractivity (Wildman–Crippen MR) is 14.1 cm³/mol. The maximum Gasteiger partial charge on any atom is 4.00 e. The number of aliphatic hydroxyl groups is 1. The van der Waals surface area contributed by atoms with Crippen molar-refractivity contribution in [2.75, 3.05) is 6.61 Å². The van der Waals surface area contributed by atoms with Gasteiger partial charge >= 0.3 is 21.1 Å². The third-order valence-electron chi connectivity index (χ3n) is 0. The second-order valence-electron chi connectivity index (χ2n) is 0.316. The van der Waals surface area contributed by atoms with Crippen LogP contribution in [-0.4, -0.2) is 11.7 Å². The van der Waals surface area contributed by atoms with E-state index < -0.39 is 0 Å². The van der Waals surface area contributed by atoms with Crippen molar-refractivity contribution in [1.29, 1.82) is 0 Å². The molecule has 0 saturated heterocycles. The first kappa shape index (κ1) is 30.9. The molecule has 0 unspecified atom stereocenters. The Morgan fingerprint density at radius 3 is 1.33 bits per heavy atom. The molecule has 0 aromatic rings. The smallest absolute Gasteiger partial charge is 2.00 e. The van der Waals surface area contributed by atoms with Crippen molar-refractivity contribution in [3.8, 4) is 0 Å². The van der Waals surface area contributed by atoms with Crippen LogP contribution in [-0.2, 0) is 32.0 Å². The summed E-state index contributed by atoms with van der Waals surface area (Å²) in [6, 6.07) is 0. The zero-order valence-corrected chi connectivity index (χ0v) is 5.56. The van der Waals surface area contributed by atoms with E-state index in [2.05, 4.69) is 0 Å². The van der Waals surface area contributed by atoms with Gasteiger partial charge in [-0.3, -0.25) is 0 Å². The van der Waals surface area contributed by atoms with Gasteiger partial charge < -0.3 is 16.1 Å². The Morgan fingerprint density at radius 1 is 1.33 bits per heavy atom. The Balaban J connectivity index is -0.00000000667. The molecule has 0 bridgehead atoms. The van der Waals surface area contributed by atoms with Gasteiger partial charge in [0.15, 0.2) is 0 Å². The average molecular weight is 273 g/mol. The molecule has 0 aromatic carbocycles. The number of rotatable bonds is 0. The monoisotopic (exact) mass is 273 g/mol. The van der Waals surface area contributed by atoms with E-state index in [-0.39, 0.29) is 38.6 Å². The molecule has 4 heteroatoms. The fraction of sp³-hybridized carbons (Fsp3) is 1.00. The van der Waals surface area contributed by atoms with Crippen LogP contribution >= 0.6 is 0 Å². The van der Waals surface area contributed by atoms with Crippen molar-refractivity contribution >= 4 is 0 Å². The Hall–Kier alpha value is 0.568. The largest absolute Gasteiger partial charge is 4.00 e. The molecule has 0 amide bonds. The normalized spacial score (nSPS) is 3.00. The number of aliphatic hydroxyl groups excluding tert-OH is 1. The molecule has 0 atom stereocenters. The first-order valence-corrected chi connectivity index (χ1v) is 1.02. The summed E-state index contributed by atoms with van der Waals surface area (Å²) in [4.78, 5) is 0. The van der Waals surface area contributed by atoms with Crippen LogP contribution in [0.15, 0.2) is 0 Å². The minimum absolute atomic E-state index is 0. The van der Waals surface area contributed by atoms with E-state index in [4.69, 9.17) is 5.11 Å². The van der Waals surface area contributed by atoms with Crippen molar-refractivity contribution in [2.24, 2.45) is 0 Å². The molecule has 0 heterocycles. The summed E-state index contributed by atoms with van der Waals surface area (Å²) >= 11 is 0. The summed E-state index contributed by atoms with van der Waals surface area (Å²) in [7, 11) is 0. The molecular formula is C2H6O3Pt. The van der Waals surface area contributed by atoms with Gasteiger partial charge in [0.1, 0.15) is 0 Å². The molecule has 0 radical (unpaired) electrons. The first-order chi connectivity index (χ1) is 1.41. The van der Waals surface area contributed by atoms with Crippen molar-refractivity contribution in [3.05, 3.63) is 0 Å². The molecule has 3 nitrogen and oxygen atoms in total. The molecule has 0 aliphatic rings. The zero-order chi connectivity index (χ0) is 2.71. The predicted octanol–water partition coefficient (Wildman–Crippen LogP) is -0.241. The van der Waals surface area contributed by atoms with E-state index in [9.17, 15) is 0 Å². The van der Waals surface area contributed by atoms with Gasteiger partial charge in [-0.05, 0) is 6.92 Å². The second-order valence-corrected chi connectivity index (χ2v) is 0.316. The first-order valence-electron chi connectivity index (χ1n) is 1.02. The summed E-state index contributed by atoms with van der Waals surface area (Å²) in [6.45, 7) is 1.93. The van der Waals surface area contributed by atoms with Crippen molar-refractivity contribution in [1.82, 2.24) is 0 Å². The average Bonchev–Trinajstić information content (AvgIpc) is 0.918. The maximum absolute atomic E-state index is 7.57. The molecule has 0 fully saturated rings. The van der Waals surface area contributed by atoms with Crippen LogP contribution in [0.5, 0.6) is 0 Å². The van der Waals surface area contributed by atoms with Crippen molar-refractivity contribution < 1.29 is 37.1 Å². The third kappa shape index (κ3) is 180. The van der Waals surface area contributed by atoms with E-state index in [0.717, 1.165) is 0 Å². The molecule has 6 heavy (non-hydrogen) atoms. The van der Waals surface area contributed by atoms with Crippen LogP contribution in [0.2, 0.25) is 0 Å². The second kappa shape index (κ2) is 47.2. The summed E-state index contributed by atoms with van der Waals surface area (Å²) in [6.07, 6.45) is 0. The molecule has 0 spiro atoms. The van der Waals surface area contributed by atoms with E-state index in [1.54, 1.807) is 6.92 Å². The van der Waals surface area contributed by atoms with E-state index >= 15 is 0 Å². The fourth-order valence-corrected chi connectivity index (χ4v) is 0. The Kier molecular flexibility index (Phi) is 243. The van der Waals surface area contributed by atoms with Gasteiger partial charge in [-0.25, -0.2) is 0 Å². The van der Waals surface area contributed by atoms with Gasteiger partial charge in [0.25, 0.3) is 0 Å². The van der Waals surface area contributed by atoms with Gasteiger partial charge in [0.05, 0.1) is 0 Å². The Bertz CT molecular complexity index is 8.75. The standard InChI is InChI=1S/C2H6O.2O.Pt/c1-2-3;;;/h3H,2H2,1H3;;;/q;2*-2;+4. The molecule has 42 valence electrons. The van der Waals surface area contributed by atoms with E-state index in [1.807, 2.05) is 0 Å². The fourth-order valence-electron chi connectivity index (χ4n) is 0. The minimum Gasteiger partial charge on any atom is -2.00 e. The zero-order valence-electron chi connectivity index (χ0n) is 3.29. The summed E-state index contributed by atoms with van der Waals surface area (Å²) in [5.74, 6) is 0. The van der Waals surface area contributed by atoms with Crippen molar-refractivity contribution in [3.63, 3.8) is 0 Å². The number of hydrogen-bond donors (Lipinski definition) is 1. The van der Waals surface area contributed by atoms with Crippen LogP contribution in [0.4, 0.5) is 0 Å². The van der Waals surface area contributed by atoms with Crippen LogP contribution in [0.3, 0.4) is 0 Å². The van der Waals surface area contributed by atoms with Crippen LogP contribution in [0.1, 0.15) is 6.92 Å². The van der Waals surface area contributed by atoms with E-state index in [0.29, 0.717) is 0 Å². The van der Waals surface area contributed by atoms with Crippen LogP contribution in [0.25, 0.3) is 0 Å². The maximum atomic E-state index is 7.57. The van der Waals surface area contributed by atoms with Gasteiger partial charge in [0, 0.05) is 6.61 Å². The molecule has 0 rings (SSSR count). The Morgan fingerprint density at radius 2 is 1.33 bits per heavy atom. The molecule has 0 saturated carbocycles. The quantitative estimate of drug-likeness (QED) is 0.649. The van der Waals surface area contributed by atoms with Gasteiger partial charge in [-0.1, -0.05) is 0 Å². The van der Waals surface area contributed by atoms with Crippen molar-refractivity contribution in [2.45, 2.75) is 6.92 Å². The molecule has 0 aliphatic heterocycles. The molecule has 0 aliphatic carbocycles. The van der Waals surface area contributed by atoms with Crippen LogP contribution in [0, 0.1) is 0 Å².